The van der Waals surface area contributed by atoms with Gasteiger partial charge in [-0.25, -0.2) is 8.42 Å². The van der Waals surface area contributed by atoms with E-state index in [4.69, 9.17) is 0 Å². The third kappa shape index (κ3) is 3.29. The molecule has 0 aliphatic carbocycles. The van der Waals surface area contributed by atoms with E-state index in [2.05, 4.69) is 43.0 Å². The summed E-state index contributed by atoms with van der Waals surface area (Å²) >= 11 is 1.28. The van der Waals surface area contributed by atoms with Crippen molar-refractivity contribution in [3.05, 3.63) is 47.3 Å². The topological polar surface area (TPSA) is 40.6 Å². The molecule has 2 aromatic rings. The number of hydrogen-bond acceptors (Lipinski definition) is 4. The van der Waals surface area contributed by atoms with Gasteiger partial charge in [0, 0.05) is 31.9 Å². The molecule has 0 radical (unpaired) electrons. The highest BCUT2D eigenvalue weighted by atomic mass is 32.2. The molecule has 4 nitrogen and oxygen atoms in total. The Morgan fingerprint density at radius 1 is 1.00 bits per heavy atom. The number of piperazine rings is 1. The molecule has 0 saturated carbocycles. The summed E-state index contributed by atoms with van der Waals surface area (Å²) in [5, 5.41) is 1.81. The van der Waals surface area contributed by atoms with Crippen LogP contribution in [0.25, 0.3) is 0 Å². The van der Waals surface area contributed by atoms with Crippen LogP contribution >= 0.6 is 11.3 Å². The van der Waals surface area contributed by atoms with Crippen LogP contribution in [-0.2, 0) is 10.0 Å². The van der Waals surface area contributed by atoms with E-state index in [1.165, 1.54) is 22.6 Å². The van der Waals surface area contributed by atoms with Crippen LogP contribution in [0.4, 0.5) is 5.69 Å². The van der Waals surface area contributed by atoms with E-state index in [9.17, 15) is 8.42 Å². The molecular formula is C17H22N2O2S2. The quantitative estimate of drug-likeness (QED) is 0.849. The number of nitrogens with zero attached hydrogens (tertiary/aromatic N) is 2. The van der Waals surface area contributed by atoms with Crippen LogP contribution in [0.1, 0.15) is 25.3 Å². The number of thiophene rings is 1. The highest BCUT2D eigenvalue weighted by Crippen LogP contribution is 2.29. The zero-order valence-electron chi connectivity index (χ0n) is 13.5. The normalized spacial score (nSPS) is 16.9. The first kappa shape index (κ1) is 16.5. The first-order chi connectivity index (χ1) is 11.0. The van der Waals surface area contributed by atoms with Gasteiger partial charge in [0.1, 0.15) is 4.21 Å². The molecule has 1 fully saturated rings. The van der Waals surface area contributed by atoms with E-state index in [0.29, 0.717) is 23.2 Å². The predicted octanol–water partition coefficient (Wildman–Crippen LogP) is 3.38. The lowest BCUT2D eigenvalue weighted by atomic mass is 10.00. The molecular weight excluding hydrogens is 328 g/mol. The second-order valence-corrected chi connectivity index (χ2v) is 9.15. The molecule has 124 valence electrons. The number of hydrogen-bond donors (Lipinski definition) is 0. The second-order valence-electron chi connectivity index (χ2n) is 6.04. The molecule has 1 aromatic heterocycles. The van der Waals surface area contributed by atoms with E-state index in [0.717, 1.165) is 13.1 Å². The van der Waals surface area contributed by atoms with Crippen LogP contribution in [0.15, 0.2) is 46.0 Å². The van der Waals surface area contributed by atoms with Gasteiger partial charge in [0.2, 0.25) is 0 Å². The van der Waals surface area contributed by atoms with Gasteiger partial charge in [0.25, 0.3) is 10.0 Å². The van der Waals surface area contributed by atoms with E-state index in [-0.39, 0.29) is 0 Å². The maximum Gasteiger partial charge on any atom is 0.252 e. The van der Waals surface area contributed by atoms with Crippen molar-refractivity contribution < 1.29 is 8.42 Å². The van der Waals surface area contributed by atoms with Crippen molar-refractivity contribution in [2.75, 3.05) is 31.1 Å². The molecule has 1 aromatic carbocycles. The minimum absolute atomic E-state index is 0.438. The van der Waals surface area contributed by atoms with Crippen LogP contribution in [0.5, 0.6) is 0 Å². The summed E-state index contributed by atoms with van der Waals surface area (Å²) in [6.07, 6.45) is 0. The molecule has 0 bridgehead atoms. The lowest BCUT2D eigenvalue weighted by Gasteiger charge is -2.36. The largest absolute Gasteiger partial charge is 0.369 e. The molecule has 23 heavy (non-hydrogen) atoms. The lowest BCUT2D eigenvalue weighted by molar-refractivity contribution is 0.385. The number of anilines is 1. The molecule has 0 spiro atoms. The second kappa shape index (κ2) is 6.63. The van der Waals surface area contributed by atoms with Crippen LogP contribution in [0.2, 0.25) is 0 Å². The van der Waals surface area contributed by atoms with E-state index < -0.39 is 10.0 Å². The molecule has 0 atom stereocenters. The van der Waals surface area contributed by atoms with Gasteiger partial charge in [0.15, 0.2) is 0 Å². The average Bonchev–Trinajstić information content (AvgIpc) is 3.10. The van der Waals surface area contributed by atoms with Crippen LogP contribution < -0.4 is 4.90 Å². The summed E-state index contributed by atoms with van der Waals surface area (Å²) in [6, 6.07) is 11.9. The molecule has 0 unspecified atom stereocenters. The minimum atomic E-state index is -3.33. The maximum absolute atomic E-state index is 12.6. The average molecular weight is 351 g/mol. The Balaban J connectivity index is 1.75. The number of para-hydroxylation sites is 1. The van der Waals surface area contributed by atoms with Crippen LogP contribution in [-0.4, -0.2) is 38.9 Å². The van der Waals surface area contributed by atoms with Gasteiger partial charge in [-0.1, -0.05) is 38.1 Å². The van der Waals surface area contributed by atoms with Gasteiger partial charge in [0.05, 0.1) is 0 Å². The Hall–Kier alpha value is -1.37. The van der Waals surface area contributed by atoms with Gasteiger partial charge in [-0.15, -0.1) is 11.3 Å². The molecule has 1 aliphatic rings. The SMILES string of the molecule is CC(C)c1ccccc1N1CCN(S(=O)(=O)c2cccs2)CC1. The van der Waals surface area contributed by atoms with Gasteiger partial charge in [-0.05, 0) is 29.0 Å². The molecule has 0 amide bonds. The zero-order valence-corrected chi connectivity index (χ0v) is 15.1. The van der Waals surface area contributed by atoms with Crippen molar-refractivity contribution in [2.24, 2.45) is 0 Å². The van der Waals surface area contributed by atoms with E-state index in [1.807, 2.05) is 5.38 Å². The van der Waals surface area contributed by atoms with Crippen molar-refractivity contribution in [2.45, 2.75) is 24.0 Å². The van der Waals surface area contributed by atoms with Crippen LogP contribution in [0, 0.1) is 0 Å². The van der Waals surface area contributed by atoms with Gasteiger partial charge in [-0.2, -0.15) is 4.31 Å². The summed E-state index contributed by atoms with van der Waals surface area (Å²) in [4.78, 5) is 2.30. The Bertz CT molecular complexity index is 747. The fraction of sp³-hybridized carbons (Fsp3) is 0.412. The Morgan fingerprint density at radius 2 is 1.70 bits per heavy atom. The third-order valence-corrected chi connectivity index (χ3v) is 7.50. The fourth-order valence-corrected chi connectivity index (χ4v) is 5.54. The van der Waals surface area contributed by atoms with Gasteiger partial charge in [-0.3, -0.25) is 0 Å². The predicted molar refractivity (Wildman–Crippen MR) is 95.8 cm³/mol. The highest BCUT2D eigenvalue weighted by molar-refractivity contribution is 7.91. The molecule has 1 aliphatic heterocycles. The monoisotopic (exact) mass is 350 g/mol. The summed E-state index contributed by atoms with van der Waals surface area (Å²) in [5.74, 6) is 0.457. The summed E-state index contributed by atoms with van der Waals surface area (Å²) in [5.41, 5.74) is 2.55. The highest BCUT2D eigenvalue weighted by Gasteiger charge is 2.29. The standard InChI is InChI=1S/C17H22N2O2S2/c1-14(2)15-6-3-4-7-16(15)18-9-11-19(12-10-18)23(20,21)17-8-5-13-22-17/h3-8,13-14H,9-12H2,1-2H3. The smallest absolute Gasteiger partial charge is 0.252 e. The summed E-state index contributed by atoms with van der Waals surface area (Å²) < 4.78 is 27.2. The van der Waals surface area contributed by atoms with E-state index >= 15 is 0 Å². The Kier molecular flexibility index (Phi) is 4.75. The van der Waals surface area contributed by atoms with Crippen molar-refractivity contribution >= 4 is 27.0 Å². The molecule has 2 heterocycles. The number of benzene rings is 1. The molecule has 6 heteroatoms. The molecule has 3 rings (SSSR count). The van der Waals surface area contributed by atoms with E-state index in [1.54, 1.807) is 16.4 Å². The number of rotatable bonds is 4. The zero-order chi connectivity index (χ0) is 16.4. The fourth-order valence-electron chi connectivity index (χ4n) is 2.97. The van der Waals surface area contributed by atoms with Crippen molar-refractivity contribution in [1.82, 2.24) is 4.31 Å². The minimum Gasteiger partial charge on any atom is -0.369 e. The lowest BCUT2D eigenvalue weighted by Crippen LogP contribution is -2.48. The third-order valence-electron chi connectivity index (χ3n) is 4.23. The summed E-state index contributed by atoms with van der Waals surface area (Å²) in [6.45, 7) is 6.91. The summed E-state index contributed by atoms with van der Waals surface area (Å²) in [7, 11) is -3.33. The Morgan fingerprint density at radius 3 is 2.30 bits per heavy atom. The van der Waals surface area contributed by atoms with Gasteiger partial charge >= 0.3 is 0 Å². The Labute approximate surface area is 142 Å². The molecule has 1 saturated heterocycles. The molecule has 0 N–H and O–H groups in total. The van der Waals surface area contributed by atoms with Crippen molar-refractivity contribution in [3.63, 3.8) is 0 Å². The van der Waals surface area contributed by atoms with Crippen LogP contribution in [0.3, 0.4) is 0 Å². The maximum atomic E-state index is 12.6. The first-order valence-electron chi connectivity index (χ1n) is 7.87. The van der Waals surface area contributed by atoms with Crippen molar-refractivity contribution in [1.29, 1.82) is 0 Å². The number of sulfonamides is 1. The van der Waals surface area contributed by atoms with Gasteiger partial charge < -0.3 is 4.90 Å². The van der Waals surface area contributed by atoms with Crippen molar-refractivity contribution in [3.8, 4) is 0 Å². The first-order valence-corrected chi connectivity index (χ1v) is 10.2.